The molecule has 1 aliphatic rings. The van der Waals surface area contributed by atoms with Gasteiger partial charge in [0, 0.05) is 12.8 Å². The van der Waals surface area contributed by atoms with Gasteiger partial charge in [0.25, 0.3) is 0 Å². The first-order valence-electron chi connectivity index (χ1n) is 20.4. The minimum Gasteiger partial charge on any atom is -0.480 e. The summed E-state index contributed by atoms with van der Waals surface area (Å²) in [6.45, 7) is 2.57. The van der Waals surface area contributed by atoms with Crippen LogP contribution >= 0.6 is 7.82 Å². The largest absolute Gasteiger partial charge is 0.480 e. The van der Waals surface area contributed by atoms with Crippen molar-refractivity contribution in [3.05, 3.63) is 60.8 Å². The van der Waals surface area contributed by atoms with Crippen LogP contribution in [0.25, 0.3) is 0 Å². The molecule has 0 bridgehead atoms. The van der Waals surface area contributed by atoms with E-state index < -0.39 is 51.1 Å². The van der Waals surface area contributed by atoms with Crippen molar-refractivity contribution < 1.29 is 52.2 Å². The topological polar surface area (TPSA) is 184 Å². The molecule has 0 radical (unpaired) electrons. The fourth-order valence-corrected chi connectivity index (χ4v) is 6.14. The number of esters is 2. The predicted octanol–water partition coefficient (Wildman–Crippen LogP) is 9.38. The monoisotopic (exact) mass is 795 g/mol. The van der Waals surface area contributed by atoms with Crippen LogP contribution in [-0.4, -0.2) is 72.1 Å². The third-order valence-corrected chi connectivity index (χ3v) is 9.65. The summed E-state index contributed by atoms with van der Waals surface area (Å²) in [5.41, 5.74) is 5.32. The molecule has 0 amide bonds. The van der Waals surface area contributed by atoms with Crippen molar-refractivity contribution >= 4 is 25.7 Å². The van der Waals surface area contributed by atoms with E-state index in [1.165, 1.54) is 44.9 Å². The number of carboxylic acid groups (broad SMARTS) is 1. The number of epoxide rings is 1. The SMILES string of the molecule is CC/C=C\CC1OC1C/C=C\C/C=C\C/C=C\C/C=C\CCC(=O)O[C@H](COC(=O)CCCCCCCCCCCCC)COP(=O)(O)OC[C@H](N)C(=O)O. The molecule has 0 aliphatic carbocycles. The Balaban J connectivity index is 2.35. The molecular formula is C42H70NO11P. The van der Waals surface area contributed by atoms with Crippen LogP contribution in [0.5, 0.6) is 0 Å². The molecule has 5 atom stereocenters. The van der Waals surface area contributed by atoms with E-state index in [9.17, 15) is 23.8 Å². The minimum absolute atomic E-state index is 0.0316. The van der Waals surface area contributed by atoms with E-state index in [-0.39, 0.29) is 19.4 Å². The van der Waals surface area contributed by atoms with Crippen molar-refractivity contribution in [2.24, 2.45) is 5.73 Å². The van der Waals surface area contributed by atoms with Crippen LogP contribution in [-0.2, 0) is 42.2 Å². The number of nitrogens with two attached hydrogens (primary N) is 1. The van der Waals surface area contributed by atoms with Gasteiger partial charge < -0.3 is 29.9 Å². The highest BCUT2D eigenvalue weighted by atomic mass is 31.2. The number of aliphatic carboxylic acids is 1. The summed E-state index contributed by atoms with van der Waals surface area (Å²) in [7, 11) is -4.74. The smallest absolute Gasteiger partial charge is 0.472 e. The summed E-state index contributed by atoms with van der Waals surface area (Å²) in [6.07, 6.45) is 39.2. The molecule has 4 N–H and O–H groups in total. The number of rotatable bonds is 36. The van der Waals surface area contributed by atoms with E-state index in [4.69, 9.17) is 29.6 Å². The molecule has 1 aliphatic heterocycles. The standard InChI is InChI=1S/C42H70NO11P/c1-3-5-7-8-9-10-13-17-20-23-27-31-40(44)50-33-36(34-51-55(48,49)52-35-37(43)42(46)47)53-41(45)32-28-24-21-18-15-12-11-14-16-19-22-26-30-39-38(54-39)29-25-6-4-2/h6,12,14-16,21-22,24-26,36-39H,3-5,7-11,13,17-20,23,27-35,43H2,1-2H3,(H,46,47)(H,48,49)/b15-12-,16-14-,24-21-,25-6-,26-22-/t36-,37+,38?,39?/m1/s1. The number of hydrogen-bond acceptors (Lipinski definition) is 10. The maximum atomic E-state index is 12.6. The van der Waals surface area contributed by atoms with Gasteiger partial charge in [-0.2, -0.15) is 0 Å². The number of carbonyl (C=O) groups is 3. The molecule has 0 aromatic heterocycles. The van der Waals surface area contributed by atoms with Gasteiger partial charge in [-0.05, 0) is 51.4 Å². The highest BCUT2D eigenvalue weighted by Crippen LogP contribution is 2.43. The summed E-state index contributed by atoms with van der Waals surface area (Å²) < 4.78 is 38.2. The molecule has 13 heteroatoms. The number of hydrogen-bond donors (Lipinski definition) is 3. The number of phosphoric ester groups is 1. The average molecular weight is 796 g/mol. The number of unbranched alkanes of at least 4 members (excludes halogenated alkanes) is 10. The highest BCUT2D eigenvalue weighted by molar-refractivity contribution is 7.47. The van der Waals surface area contributed by atoms with Crippen molar-refractivity contribution in [2.45, 2.75) is 167 Å². The lowest BCUT2D eigenvalue weighted by atomic mass is 10.1. The van der Waals surface area contributed by atoms with E-state index in [0.29, 0.717) is 31.5 Å². The zero-order chi connectivity index (χ0) is 40.4. The number of carbonyl (C=O) groups excluding carboxylic acids is 2. The normalized spacial score (nSPS) is 18.1. The van der Waals surface area contributed by atoms with Crippen molar-refractivity contribution in [2.75, 3.05) is 19.8 Å². The first kappa shape index (κ1) is 50.2. The average Bonchev–Trinajstić information content (AvgIpc) is 3.91. The quantitative estimate of drug-likeness (QED) is 0.0180. The van der Waals surface area contributed by atoms with Gasteiger partial charge in [-0.1, -0.05) is 139 Å². The molecule has 55 heavy (non-hydrogen) atoms. The van der Waals surface area contributed by atoms with Gasteiger partial charge in [0.2, 0.25) is 0 Å². The van der Waals surface area contributed by atoms with Crippen LogP contribution in [0.1, 0.15) is 142 Å². The number of allylic oxidation sites excluding steroid dienone is 8. The van der Waals surface area contributed by atoms with Crippen LogP contribution in [0.4, 0.5) is 0 Å². The number of ether oxygens (including phenoxy) is 3. The molecule has 314 valence electrons. The second kappa shape index (κ2) is 33.3. The molecule has 0 spiro atoms. The van der Waals surface area contributed by atoms with E-state index in [1.54, 1.807) is 0 Å². The Hall–Kier alpha value is -2.86. The Morgan fingerprint density at radius 2 is 1.18 bits per heavy atom. The molecule has 1 fully saturated rings. The van der Waals surface area contributed by atoms with E-state index >= 15 is 0 Å². The zero-order valence-corrected chi connectivity index (χ0v) is 34.3. The van der Waals surface area contributed by atoms with Crippen LogP contribution in [0.3, 0.4) is 0 Å². The third kappa shape index (κ3) is 31.0. The Labute approximate surface area is 330 Å². The van der Waals surface area contributed by atoms with Gasteiger partial charge in [0.05, 0.1) is 25.4 Å². The second-order valence-corrected chi connectivity index (χ2v) is 15.2. The Kier molecular flexibility index (Phi) is 30.4. The summed E-state index contributed by atoms with van der Waals surface area (Å²) >= 11 is 0. The van der Waals surface area contributed by atoms with Crippen LogP contribution in [0.2, 0.25) is 0 Å². The molecule has 0 aromatic rings. The fourth-order valence-electron chi connectivity index (χ4n) is 5.37. The predicted molar refractivity (Wildman–Crippen MR) is 216 cm³/mol. The summed E-state index contributed by atoms with van der Waals surface area (Å²) in [5, 5.41) is 8.87. The van der Waals surface area contributed by atoms with Crippen molar-refractivity contribution in [3.8, 4) is 0 Å². The van der Waals surface area contributed by atoms with Gasteiger partial charge in [-0.15, -0.1) is 0 Å². The molecular weight excluding hydrogens is 725 g/mol. The number of phosphoric acid groups is 1. The number of carboxylic acids is 1. The van der Waals surface area contributed by atoms with Crippen molar-refractivity contribution in [3.63, 3.8) is 0 Å². The first-order chi connectivity index (χ1) is 26.6. The van der Waals surface area contributed by atoms with E-state index in [2.05, 4.69) is 60.9 Å². The molecule has 12 nitrogen and oxygen atoms in total. The lowest BCUT2D eigenvalue weighted by molar-refractivity contribution is -0.161. The van der Waals surface area contributed by atoms with Crippen LogP contribution < -0.4 is 5.73 Å². The third-order valence-electron chi connectivity index (χ3n) is 8.70. The highest BCUT2D eigenvalue weighted by Gasteiger charge is 2.36. The molecule has 0 aromatic carbocycles. The van der Waals surface area contributed by atoms with Crippen molar-refractivity contribution in [1.29, 1.82) is 0 Å². The second-order valence-electron chi connectivity index (χ2n) is 13.8. The van der Waals surface area contributed by atoms with Gasteiger partial charge in [-0.25, -0.2) is 4.57 Å². The molecule has 1 rings (SSSR count). The molecule has 1 saturated heterocycles. The van der Waals surface area contributed by atoms with E-state index in [0.717, 1.165) is 51.4 Å². The zero-order valence-electron chi connectivity index (χ0n) is 33.4. The summed E-state index contributed by atoms with van der Waals surface area (Å²) in [4.78, 5) is 45.8. The fraction of sp³-hybridized carbons (Fsp3) is 0.690. The van der Waals surface area contributed by atoms with Crippen LogP contribution in [0.15, 0.2) is 60.8 Å². The molecule has 1 heterocycles. The Bertz CT molecular complexity index is 1230. The lowest BCUT2D eigenvalue weighted by Gasteiger charge is -2.20. The van der Waals surface area contributed by atoms with Gasteiger partial charge in [-0.3, -0.25) is 23.4 Å². The Morgan fingerprint density at radius 3 is 1.75 bits per heavy atom. The minimum atomic E-state index is -4.74. The maximum Gasteiger partial charge on any atom is 0.472 e. The van der Waals surface area contributed by atoms with Crippen LogP contribution in [0, 0.1) is 0 Å². The molecule has 3 unspecified atom stereocenters. The van der Waals surface area contributed by atoms with Crippen molar-refractivity contribution in [1.82, 2.24) is 0 Å². The summed E-state index contributed by atoms with van der Waals surface area (Å²) in [5.74, 6) is -2.50. The van der Waals surface area contributed by atoms with Gasteiger partial charge in [0.15, 0.2) is 6.10 Å². The lowest BCUT2D eigenvalue weighted by Crippen LogP contribution is -2.34. The van der Waals surface area contributed by atoms with Gasteiger partial charge >= 0.3 is 25.7 Å². The maximum absolute atomic E-state index is 12.6. The Morgan fingerprint density at radius 1 is 0.673 bits per heavy atom. The first-order valence-corrected chi connectivity index (χ1v) is 21.9. The van der Waals surface area contributed by atoms with Gasteiger partial charge in [0.1, 0.15) is 12.6 Å². The molecule has 0 saturated carbocycles. The van der Waals surface area contributed by atoms with E-state index in [1.807, 2.05) is 18.2 Å². The summed E-state index contributed by atoms with van der Waals surface area (Å²) in [6, 6.07) is -1.54.